The number of aryl methyl sites for hydroxylation is 1. The van der Waals surface area contributed by atoms with Gasteiger partial charge < -0.3 is 15.4 Å². The van der Waals surface area contributed by atoms with Crippen LogP contribution in [-0.2, 0) is 20.9 Å². The predicted molar refractivity (Wildman–Crippen MR) is 111 cm³/mol. The number of esters is 1. The number of hydrogen-bond acceptors (Lipinski definition) is 4. The number of benzene rings is 2. The van der Waals surface area contributed by atoms with Crippen molar-refractivity contribution in [2.75, 3.05) is 0 Å². The molecule has 160 valence electrons. The molecule has 2 rings (SSSR count). The lowest BCUT2D eigenvalue weighted by molar-refractivity contribution is -0.157. The summed E-state index contributed by atoms with van der Waals surface area (Å²) in [5.74, 6) is -2.14. The molecule has 0 saturated carbocycles. The van der Waals surface area contributed by atoms with Crippen LogP contribution < -0.4 is 10.6 Å². The zero-order chi connectivity index (χ0) is 22.3. The highest BCUT2D eigenvalue weighted by molar-refractivity contribution is 5.98. The SMILES string of the molecule is Cc1ccccc1C(=O)N[C@H](C(=O)O[C@@H](C)C(=O)NCc1ccc(F)cc1)C(C)C. The minimum atomic E-state index is -1.05. The van der Waals surface area contributed by atoms with E-state index in [0.29, 0.717) is 11.1 Å². The smallest absolute Gasteiger partial charge is 0.329 e. The second kappa shape index (κ2) is 10.5. The molecule has 0 aliphatic rings. The van der Waals surface area contributed by atoms with Gasteiger partial charge in [0, 0.05) is 12.1 Å². The summed E-state index contributed by atoms with van der Waals surface area (Å²) in [6.45, 7) is 7.01. The Morgan fingerprint density at radius 3 is 2.23 bits per heavy atom. The van der Waals surface area contributed by atoms with Crippen LogP contribution in [0.25, 0.3) is 0 Å². The number of amides is 2. The summed E-state index contributed by atoms with van der Waals surface area (Å²) in [6, 6.07) is 11.9. The third-order valence-electron chi connectivity index (χ3n) is 4.64. The molecule has 2 N–H and O–H groups in total. The average molecular weight is 414 g/mol. The number of hydrogen-bond donors (Lipinski definition) is 2. The fourth-order valence-corrected chi connectivity index (χ4v) is 2.78. The Labute approximate surface area is 175 Å². The quantitative estimate of drug-likeness (QED) is 0.650. The standard InChI is InChI=1S/C23H27FN2O4/c1-14(2)20(26-22(28)19-8-6-5-7-15(19)3)23(29)30-16(4)21(27)25-13-17-9-11-18(24)12-10-17/h5-12,14,16,20H,13H2,1-4H3,(H,25,27)(H,26,28)/t16-,20-/m0/s1. The lowest BCUT2D eigenvalue weighted by atomic mass is 10.0. The van der Waals surface area contributed by atoms with Crippen molar-refractivity contribution in [2.24, 2.45) is 5.92 Å². The third-order valence-corrected chi connectivity index (χ3v) is 4.64. The molecule has 0 saturated heterocycles. The second-order valence-electron chi connectivity index (χ2n) is 7.43. The first-order valence-electron chi connectivity index (χ1n) is 9.78. The zero-order valence-electron chi connectivity index (χ0n) is 17.6. The maximum Gasteiger partial charge on any atom is 0.329 e. The first-order valence-corrected chi connectivity index (χ1v) is 9.78. The Morgan fingerprint density at radius 1 is 1.00 bits per heavy atom. The number of halogens is 1. The van der Waals surface area contributed by atoms with Crippen LogP contribution in [0.1, 0.15) is 42.3 Å². The number of ether oxygens (including phenoxy) is 1. The average Bonchev–Trinajstić information content (AvgIpc) is 2.71. The Balaban J connectivity index is 1.94. The van der Waals surface area contributed by atoms with Gasteiger partial charge in [0.15, 0.2) is 6.10 Å². The molecular formula is C23H27FN2O4. The van der Waals surface area contributed by atoms with E-state index in [2.05, 4.69) is 10.6 Å². The molecule has 0 unspecified atom stereocenters. The van der Waals surface area contributed by atoms with Crippen LogP contribution in [0.3, 0.4) is 0 Å². The Hall–Kier alpha value is -3.22. The van der Waals surface area contributed by atoms with E-state index in [1.54, 1.807) is 38.1 Å². The molecule has 2 atom stereocenters. The molecule has 30 heavy (non-hydrogen) atoms. The summed E-state index contributed by atoms with van der Waals surface area (Å²) in [5, 5.41) is 5.34. The fourth-order valence-electron chi connectivity index (χ4n) is 2.78. The lowest BCUT2D eigenvalue weighted by Gasteiger charge is -2.23. The van der Waals surface area contributed by atoms with Gasteiger partial charge in [0.2, 0.25) is 0 Å². The van der Waals surface area contributed by atoms with E-state index in [4.69, 9.17) is 4.74 Å². The maximum atomic E-state index is 12.9. The van der Waals surface area contributed by atoms with Gasteiger partial charge in [-0.05, 0) is 49.1 Å². The summed E-state index contributed by atoms with van der Waals surface area (Å²) in [7, 11) is 0. The first kappa shape index (κ1) is 23.1. The number of carbonyl (C=O) groups is 3. The molecular weight excluding hydrogens is 387 g/mol. The molecule has 2 aromatic rings. The maximum absolute atomic E-state index is 12.9. The Morgan fingerprint density at radius 2 is 1.63 bits per heavy atom. The van der Waals surface area contributed by atoms with Crippen LogP contribution in [0.5, 0.6) is 0 Å². The van der Waals surface area contributed by atoms with Crippen LogP contribution in [-0.4, -0.2) is 29.9 Å². The van der Waals surface area contributed by atoms with Crippen molar-refractivity contribution >= 4 is 17.8 Å². The molecule has 0 spiro atoms. The van der Waals surface area contributed by atoms with Gasteiger partial charge in [-0.2, -0.15) is 0 Å². The zero-order valence-corrected chi connectivity index (χ0v) is 17.6. The topological polar surface area (TPSA) is 84.5 Å². The molecule has 0 aliphatic carbocycles. The molecule has 0 radical (unpaired) electrons. The van der Waals surface area contributed by atoms with Gasteiger partial charge in [0.1, 0.15) is 11.9 Å². The first-order chi connectivity index (χ1) is 14.2. The summed E-state index contributed by atoms with van der Waals surface area (Å²) < 4.78 is 18.2. The van der Waals surface area contributed by atoms with Crippen molar-refractivity contribution < 1.29 is 23.5 Å². The van der Waals surface area contributed by atoms with E-state index in [0.717, 1.165) is 5.56 Å². The summed E-state index contributed by atoms with van der Waals surface area (Å²) in [5.41, 5.74) is 1.98. The van der Waals surface area contributed by atoms with Crippen molar-refractivity contribution in [3.05, 3.63) is 71.0 Å². The van der Waals surface area contributed by atoms with E-state index < -0.39 is 24.0 Å². The fraction of sp³-hybridized carbons (Fsp3) is 0.348. The third kappa shape index (κ3) is 6.40. The molecule has 7 heteroatoms. The van der Waals surface area contributed by atoms with Crippen LogP contribution >= 0.6 is 0 Å². The van der Waals surface area contributed by atoms with Crippen molar-refractivity contribution in [3.8, 4) is 0 Å². The minimum Gasteiger partial charge on any atom is -0.451 e. The van der Waals surface area contributed by atoms with Gasteiger partial charge in [0.25, 0.3) is 11.8 Å². The number of nitrogens with one attached hydrogen (secondary N) is 2. The van der Waals surface area contributed by atoms with Crippen molar-refractivity contribution in [3.63, 3.8) is 0 Å². The lowest BCUT2D eigenvalue weighted by Crippen LogP contribution is -2.47. The van der Waals surface area contributed by atoms with Gasteiger partial charge in [-0.15, -0.1) is 0 Å². The summed E-state index contributed by atoms with van der Waals surface area (Å²) in [4.78, 5) is 37.4. The molecule has 2 amide bonds. The molecule has 2 aromatic carbocycles. The van der Waals surface area contributed by atoms with E-state index in [1.165, 1.54) is 19.1 Å². The Kier molecular flexibility index (Phi) is 8.09. The van der Waals surface area contributed by atoms with Gasteiger partial charge in [-0.25, -0.2) is 9.18 Å². The van der Waals surface area contributed by atoms with Gasteiger partial charge in [-0.3, -0.25) is 9.59 Å². The minimum absolute atomic E-state index is 0.179. The highest BCUT2D eigenvalue weighted by Crippen LogP contribution is 2.11. The number of rotatable bonds is 8. The van der Waals surface area contributed by atoms with E-state index >= 15 is 0 Å². The molecule has 6 nitrogen and oxygen atoms in total. The molecule has 0 aliphatic heterocycles. The molecule has 0 bridgehead atoms. The van der Waals surface area contributed by atoms with E-state index in [9.17, 15) is 18.8 Å². The molecule has 0 aromatic heterocycles. The summed E-state index contributed by atoms with van der Waals surface area (Å²) in [6.07, 6.45) is -1.05. The van der Waals surface area contributed by atoms with Crippen molar-refractivity contribution in [2.45, 2.75) is 46.4 Å². The van der Waals surface area contributed by atoms with Gasteiger partial charge in [0.05, 0.1) is 0 Å². The Bertz CT molecular complexity index is 896. The normalized spacial score (nSPS) is 12.7. The molecule has 0 fully saturated rings. The highest BCUT2D eigenvalue weighted by atomic mass is 19.1. The van der Waals surface area contributed by atoms with Crippen molar-refractivity contribution in [1.82, 2.24) is 10.6 Å². The van der Waals surface area contributed by atoms with Crippen LogP contribution in [0.15, 0.2) is 48.5 Å². The highest BCUT2D eigenvalue weighted by Gasteiger charge is 2.29. The van der Waals surface area contributed by atoms with E-state index in [-0.39, 0.29) is 24.2 Å². The largest absolute Gasteiger partial charge is 0.451 e. The second-order valence-corrected chi connectivity index (χ2v) is 7.43. The monoisotopic (exact) mass is 414 g/mol. The van der Waals surface area contributed by atoms with Crippen LogP contribution in [0.2, 0.25) is 0 Å². The molecule has 0 heterocycles. The van der Waals surface area contributed by atoms with Crippen LogP contribution in [0.4, 0.5) is 4.39 Å². The van der Waals surface area contributed by atoms with Crippen molar-refractivity contribution in [1.29, 1.82) is 0 Å². The van der Waals surface area contributed by atoms with E-state index in [1.807, 2.05) is 19.1 Å². The summed E-state index contributed by atoms with van der Waals surface area (Å²) >= 11 is 0. The van der Waals surface area contributed by atoms with Crippen LogP contribution in [0, 0.1) is 18.7 Å². The van der Waals surface area contributed by atoms with Gasteiger partial charge in [-0.1, -0.05) is 44.2 Å². The number of carbonyl (C=O) groups excluding carboxylic acids is 3. The predicted octanol–water partition coefficient (Wildman–Crippen LogP) is 3.14. The van der Waals surface area contributed by atoms with Gasteiger partial charge >= 0.3 is 5.97 Å².